The number of rotatable bonds is 30. The maximum atomic E-state index is 15.0. The van der Waals surface area contributed by atoms with Crippen molar-refractivity contribution in [1.29, 1.82) is 0 Å². The lowest BCUT2D eigenvalue weighted by molar-refractivity contribution is -0.189. The smallest absolute Gasteiger partial charge is 0.423 e. The fourth-order valence-electron chi connectivity index (χ4n) is 15.4. The second kappa shape index (κ2) is 47.3. The van der Waals surface area contributed by atoms with Gasteiger partial charge < -0.3 is 18.9 Å². The Morgan fingerprint density at radius 3 is 0.533 bits per heavy atom. The Labute approximate surface area is 835 Å². The van der Waals surface area contributed by atoms with Crippen molar-refractivity contribution in [3.63, 3.8) is 0 Å². The highest BCUT2D eigenvalue weighted by Gasteiger charge is 2.44. The first-order chi connectivity index (χ1) is 71.0. The van der Waals surface area contributed by atoms with Crippen LogP contribution in [0, 0.1) is 140 Å². The predicted molar refractivity (Wildman–Crippen MR) is 497 cm³/mol. The quantitative estimate of drug-likeness (QED) is 0.0255. The van der Waals surface area contributed by atoms with Gasteiger partial charge in [0.15, 0.2) is 139 Å². The second-order valence-electron chi connectivity index (χ2n) is 33.8. The van der Waals surface area contributed by atoms with Crippen molar-refractivity contribution in [2.75, 3.05) is 0 Å². The van der Waals surface area contributed by atoms with Crippen molar-refractivity contribution < 1.29 is 159 Å². The minimum Gasteiger partial charge on any atom is -0.423 e. The standard InChI is InChI=1S/C30H22F8O.C29H20F8O.C28H18F8O.C27H16F8O/c1-2-3-4-5-17-6-8-18(9-7-17)19-10-11-22(23(31)12-19)20-13-26(34)29(27(35)14-20)39-30(37,38)21-15-24(32)28(36)25(33)16-21;1-2-3-4-16-5-7-17(8-6-16)18-9-10-21(22(30)11-18)19-12-25(33)28(26(34)13-19)38-29(36,37)20-14-23(31)27(35)24(32)15-20;1-2-3-15-4-6-16(7-5-15)17-8-9-20(21(29)10-17)18-11-24(32)27(25(33)12-18)37-28(35,36)19-13-22(30)26(34)23(31)14-19;1-2-14-3-5-15(6-4-14)16-7-8-19(20(28)9-16)17-10-23(31)26(24(32)11-17)36-27(34,35)18-12-21(29)25(33)22(30)13-18/h6-16H,2-5H2,1H3;5-15H,2-4H2,1H3;4-14H,2-3H2,1H3;3-13H,2H2,1H3. The maximum Gasteiger partial charge on any atom is 0.427 e. The average molecular weight is 2120 g/mol. The van der Waals surface area contributed by atoms with Crippen LogP contribution in [-0.2, 0) is 50.1 Å². The number of unbranched alkanes of at least 4 members (excludes halogenated alkanes) is 3. The van der Waals surface area contributed by atoms with E-state index in [9.17, 15) is 140 Å². The molecule has 780 valence electrons. The van der Waals surface area contributed by atoms with E-state index in [0.29, 0.717) is 70.8 Å². The lowest BCUT2D eigenvalue weighted by atomic mass is 9.98. The molecule has 0 aromatic heterocycles. The van der Waals surface area contributed by atoms with Crippen molar-refractivity contribution in [3.05, 3.63) is 451 Å². The molecule has 0 radical (unpaired) electrons. The van der Waals surface area contributed by atoms with Crippen LogP contribution in [-0.4, -0.2) is 0 Å². The molecular weight excluding hydrogens is 2040 g/mol. The molecule has 0 N–H and O–H groups in total. The van der Waals surface area contributed by atoms with Crippen LogP contribution >= 0.6 is 0 Å². The molecule has 0 spiro atoms. The zero-order chi connectivity index (χ0) is 109. The number of halogens is 32. The third-order valence-electron chi connectivity index (χ3n) is 23.3. The van der Waals surface area contributed by atoms with Crippen molar-refractivity contribution in [1.82, 2.24) is 0 Å². The van der Waals surface area contributed by atoms with E-state index in [1.807, 2.05) is 98.8 Å². The molecular formula is C114H76F32O4. The van der Waals surface area contributed by atoms with E-state index in [2.05, 4.69) is 32.8 Å². The number of benzene rings is 16. The van der Waals surface area contributed by atoms with E-state index in [-0.39, 0.29) is 93.0 Å². The van der Waals surface area contributed by atoms with Gasteiger partial charge in [0.05, 0.1) is 22.3 Å². The van der Waals surface area contributed by atoms with E-state index in [4.69, 9.17) is 0 Å². The van der Waals surface area contributed by atoms with Crippen LogP contribution in [0.15, 0.2) is 267 Å². The van der Waals surface area contributed by atoms with E-state index < -0.39 is 209 Å². The zero-order valence-corrected chi connectivity index (χ0v) is 78.2. The van der Waals surface area contributed by atoms with Crippen molar-refractivity contribution in [3.8, 4) is 112 Å². The van der Waals surface area contributed by atoms with Gasteiger partial charge in [-0.05, 0) is 249 Å². The molecule has 4 nitrogen and oxygen atoms in total. The van der Waals surface area contributed by atoms with Crippen LogP contribution < -0.4 is 18.9 Å². The highest BCUT2D eigenvalue weighted by atomic mass is 19.3. The van der Waals surface area contributed by atoms with Crippen LogP contribution in [0.4, 0.5) is 140 Å². The fraction of sp³-hybridized carbons (Fsp3) is 0.158. The molecule has 16 aromatic carbocycles. The highest BCUT2D eigenvalue weighted by molar-refractivity contribution is 5.77. The Bertz CT molecular complexity index is 7420. The van der Waals surface area contributed by atoms with Gasteiger partial charge in [-0.3, -0.25) is 0 Å². The number of hydrogen-bond acceptors (Lipinski definition) is 4. The fourth-order valence-corrected chi connectivity index (χ4v) is 15.4. The summed E-state index contributed by atoms with van der Waals surface area (Å²) in [4.78, 5) is 0. The molecule has 0 unspecified atom stereocenters. The summed E-state index contributed by atoms with van der Waals surface area (Å²) in [6, 6.07) is 50.2. The molecule has 0 aliphatic heterocycles. The van der Waals surface area contributed by atoms with Gasteiger partial charge in [-0.2, -0.15) is 35.1 Å². The Morgan fingerprint density at radius 1 is 0.167 bits per heavy atom. The summed E-state index contributed by atoms with van der Waals surface area (Å²) in [5.74, 6) is -46.0. The van der Waals surface area contributed by atoms with E-state index in [1.54, 1.807) is 30.3 Å². The topological polar surface area (TPSA) is 36.9 Å². The third kappa shape index (κ3) is 26.4. The van der Waals surface area contributed by atoms with Crippen molar-refractivity contribution >= 4 is 0 Å². The van der Waals surface area contributed by atoms with Crippen LogP contribution in [0.5, 0.6) is 23.0 Å². The lowest BCUT2D eigenvalue weighted by Gasteiger charge is -2.20. The van der Waals surface area contributed by atoms with Crippen molar-refractivity contribution in [2.45, 2.75) is 116 Å². The van der Waals surface area contributed by atoms with Crippen molar-refractivity contribution in [2.24, 2.45) is 0 Å². The lowest BCUT2D eigenvalue weighted by Crippen LogP contribution is -2.24. The minimum absolute atomic E-state index is 0.0560. The second-order valence-corrected chi connectivity index (χ2v) is 33.8. The Morgan fingerprint density at radius 2 is 0.347 bits per heavy atom. The number of aryl methyl sites for hydroxylation is 4. The Hall–Kier alpha value is -15.5. The molecule has 0 amide bonds. The molecule has 150 heavy (non-hydrogen) atoms. The van der Waals surface area contributed by atoms with E-state index >= 15 is 0 Å². The van der Waals surface area contributed by atoms with Gasteiger partial charge in [-0.1, -0.05) is 199 Å². The monoisotopic (exact) mass is 2120 g/mol. The van der Waals surface area contributed by atoms with Gasteiger partial charge in [0, 0.05) is 22.3 Å². The first kappa shape index (κ1) is 112. The van der Waals surface area contributed by atoms with Gasteiger partial charge in [0.2, 0.25) is 0 Å². The Kier molecular flexibility index (Phi) is 35.2. The summed E-state index contributed by atoms with van der Waals surface area (Å²) in [5, 5.41) is 0. The van der Waals surface area contributed by atoms with E-state index in [0.717, 1.165) is 109 Å². The van der Waals surface area contributed by atoms with Crippen LogP contribution in [0.2, 0.25) is 0 Å². The zero-order valence-electron chi connectivity index (χ0n) is 78.2. The first-order valence-corrected chi connectivity index (χ1v) is 45.4. The Balaban J connectivity index is 0.000000167. The summed E-state index contributed by atoms with van der Waals surface area (Å²) in [6.45, 7) is 8.24. The predicted octanol–water partition coefficient (Wildman–Crippen LogP) is 36.5. The molecule has 36 heteroatoms. The van der Waals surface area contributed by atoms with Gasteiger partial charge in [0.25, 0.3) is 0 Å². The molecule has 0 aliphatic rings. The molecule has 0 aliphatic carbocycles. The molecule has 0 saturated heterocycles. The van der Waals surface area contributed by atoms with Gasteiger partial charge in [0.1, 0.15) is 23.3 Å². The van der Waals surface area contributed by atoms with Crippen LogP contribution in [0.3, 0.4) is 0 Å². The van der Waals surface area contributed by atoms with E-state index in [1.165, 1.54) is 54.6 Å². The van der Waals surface area contributed by atoms with Gasteiger partial charge >= 0.3 is 24.4 Å². The minimum atomic E-state index is -4.63. The summed E-state index contributed by atoms with van der Waals surface area (Å²) in [6.07, 6.45) is -8.56. The van der Waals surface area contributed by atoms with Crippen LogP contribution in [0.25, 0.3) is 89.0 Å². The normalized spacial score (nSPS) is 11.6. The molecule has 0 bridgehead atoms. The largest absolute Gasteiger partial charge is 0.427 e. The third-order valence-corrected chi connectivity index (χ3v) is 23.3. The average Bonchev–Trinajstić information content (AvgIpc) is 0.787. The molecule has 0 saturated carbocycles. The maximum absolute atomic E-state index is 15.0. The van der Waals surface area contributed by atoms with Gasteiger partial charge in [-0.25, -0.2) is 105 Å². The highest BCUT2D eigenvalue weighted by Crippen LogP contribution is 2.46. The molecule has 0 atom stereocenters. The summed E-state index contributed by atoms with van der Waals surface area (Å²) >= 11 is 0. The van der Waals surface area contributed by atoms with Crippen LogP contribution in [0.1, 0.15) is 111 Å². The van der Waals surface area contributed by atoms with Gasteiger partial charge in [-0.15, -0.1) is 0 Å². The first-order valence-electron chi connectivity index (χ1n) is 45.4. The molecule has 0 heterocycles. The SMILES string of the molecule is CCCCCc1ccc(-c2ccc(-c3cc(F)c(OC(F)(F)c4cc(F)c(F)c(F)c4)c(F)c3)c(F)c2)cc1.CCCCc1ccc(-c2ccc(-c3cc(F)c(OC(F)(F)c4cc(F)c(F)c(F)c4)c(F)c3)c(F)c2)cc1.CCCc1ccc(-c2ccc(-c3cc(F)c(OC(F)(F)c4cc(F)c(F)c(F)c4)c(F)c3)c(F)c2)cc1.CCc1ccc(-c2ccc(-c3cc(F)c(OC(F)(F)c4cc(F)c(F)c(F)c4)c(F)c3)c(F)c2)cc1. The summed E-state index contributed by atoms with van der Waals surface area (Å²) < 4.78 is 467. The molecule has 16 aromatic rings. The summed E-state index contributed by atoms with van der Waals surface area (Å²) in [7, 11) is 0. The molecule has 0 fully saturated rings. The summed E-state index contributed by atoms with van der Waals surface area (Å²) in [5.41, 5.74) is 1.46. The number of ether oxygens (including phenoxy) is 4. The number of alkyl halides is 8. The molecule has 16 rings (SSSR count). The number of hydrogen-bond donors (Lipinski definition) is 0.